The molecule has 2 aromatic rings. The van der Waals surface area contributed by atoms with Crippen molar-refractivity contribution in [2.75, 3.05) is 6.61 Å². The topological polar surface area (TPSA) is 38.3 Å². The second-order valence-electron chi connectivity index (χ2n) is 7.26. The molecule has 1 fully saturated rings. The molecule has 1 N–H and O–H groups in total. The Labute approximate surface area is 149 Å². The zero-order valence-corrected chi connectivity index (χ0v) is 14.5. The number of hydrogen-bond acceptors (Lipinski definition) is 2. The maximum atomic E-state index is 13.0. The molecule has 0 spiro atoms. The average molecular weight is 335 g/mol. The van der Waals surface area contributed by atoms with E-state index in [1.54, 1.807) is 0 Å². The smallest absolute Gasteiger partial charge is 0.227 e. The number of hydrogen-bond donors (Lipinski definition) is 1. The molecule has 0 bridgehead atoms. The summed E-state index contributed by atoms with van der Waals surface area (Å²) in [7, 11) is 0. The number of rotatable bonds is 4. The third kappa shape index (κ3) is 3.55. The highest BCUT2D eigenvalue weighted by molar-refractivity contribution is 5.80. The summed E-state index contributed by atoms with van der Waals surface area (Å²) in [5, 5.41) is 3.36. The molecule has 2 unspecified atom stereocenters. The van der Waals surface area contributed by atoms with Crippen LogP contribution in [0.15, 0.2) is 54.6 Å². The first-order chi connectivity index (χ1) is 12.3. The van der Waals surface area contributed by atoms with Gasteiger partial charge in [0.1, 0.15) is 12.4 Å². The van der Waals surface area contributed by atoms with Crippen molar-refractivity contribution >= 4 is 5.91 Å². The molecule has 1 saturated carbocycles. The second kappa shape index (κ2) is 7.30. The normalized spacial score (nSPS) is 21.2. The number of ether oxygens (including phenoxy) is 1. The number of nitrogens with one attached hydrogen (secondary N) is 1. The number of fused-ring (bicyclic) bond motifs is 1. The van der Waals surface area contributed by atoms with E-state index in [0.29, 0.717) is 12.5 Å². The number of amides is 1. The van der Waals surface area contributed by atoms with Crippen molar-refractivity contribution in [3.8, 4) is 5.75 Å². The molecule has 1 amide bonds. The van der Waals surface area contributed by atoms with Gasteiger partial charge in [-0.05, 0) is 42.4 Å². The van der Waals surface area contributed by atoms with Gasteiger partial charge in [-0.3, -0.25) is 4.79 Å². The second-order valence-corrected chi connectivity index (χ2v) is 7.26. The van der Waals surface area contributed by atoms with Crippen LogP contribution in [0, 0.1) is 11.8 Å². The molecule has 0 radical (unpaired) electrons. The van der Waals surface area contributed by atoms with Gasteiger partial charge in [0.2, 0.25) is 5.91 Å². The van der Waals surface area contributed by atoms with Crippen LogP contribution in [-0.4, -0.2) is 12.5 Å². The minimum absolute atomic E-state index is 0.109. The van der Waals surface area contributed by atoms with Gasteiger partial charge in [-0.25, -0.2) is 0 Å². The molecule has 4 rings (SSSR count). The van der Waals surface area contributed by atoms with Crippen molar-refractivity contribution in [2.45, 2.75) is 38.1 Å². The van der Waals surface area contributed by atoms with Crippen LogP contribution in [0.4, 0.5) is 0 Å². The highest BCUT2D eigenvalue weighted by Gasteiger charge is 2.31. The van der Waals surface area contributed by atoms with E-state index in [1.165, 1.54) is 31.2 Å². The molecule has 1 aliphatic carbocycles. The Bertz CT molecular complexity index is 722. The first-order valence-electron chi connectivity index (χ1n) is 9.37. The van der Waals surface area contributed by atoms with E-state index in [0.717, 1.165) is 17.7 Å². The van der Waals surface area contributed by atoms with Crippen molar-refractivity contribution in [2.24, 2.45) is 11.8 Å². The number of carbonyl (C=O) groups excluding carboxylic acids is 1. The highest BCUT2D eigenvalue weighted by Crippen LogP contribution is 2.36. The molecule has 2 atom stereocenters. The standard InChI is InChI=1S/C22H25NO2/c24-22(19-14-18-12-6-7-13-20(18)25-15-19)23-21(17-10-4-5-11-17)16-8-2-1-3-9-16/h1-3,6-9,12-13,17,19,21H,4-5,10-11,14-15H2,(H,23,24). The van der Waals surface area contributed by atoms with Crippen LogP contribution in [0.2, 0.25) is 0 Å². The highest BCUT2D eigenvalue weighted by atomic mass is 16.5. The van der Waals surface area contributed by atoms with Crippen molar-refractivity contribution in [3.63, 3.8) is 0 Å². The predicted molar refractivity (Wildman–Crippen MR) is 98.4 cm³/mol. The van der Waals surface area contributed by atoms with Crippen molar-refractivity contribution in [3.05, 3.63) is 65.7 Å². The van der Waals surface area contributed by atoms with Crippen molar-refractivity contribution in [1.82, 2.24) is 5.32 Å². The lowest BCUT2D eigenvalue weighted by molar-refractivity contribution is -0.127. The molecule has 3 nitrogen and oxygen atoms in total. The van der Waals surface area contributed by atoms with E-state index in [1.807, 2.05) is 24.3 Å². The number of benzene rings is 2. The van der Waals surface area contributed by atoms with Crippen LogP contribution in [0.25, 0.3) is 0 Å². The van der Waals surface area contributed by atoms with Crippen molar-refractivity contribution in [1.29, 1.82) is 0 Å². The van der Waals surface area contributed by atoms with Crippen LogP contribution in [-0.2, 0) is 11.2 Å². The molecule has 2 aliphatic rings. The van der Waals surface area contributed by atoms with E-state index < -0.39 is 0 Å². The summed E-state index contributed by atoms with van der Waals surface area (Å²) < 4.78 is 5.81. The molecule has 25 heavy (non-hydrogen) atoms. The molecular weight excluding hydrogens is 310 g/mol. The summed E-state index contributed by atoms with van der Waals surface area (Å²) in [5.74, 6) is 1.47. The lowest BCUT2D eigenvalue weighted by Gasteiger charge is -2.29. The van der Waals surface area contributed by atoms with Crippen molar-refractivity contribution < 1.29 is 9.53 Å². The summed E-state index contributed by atoms with van der Waals surface area (Å²) >= 11 is 0. The van der Waals surface area contributed by atoms with Gasteiger partial charge in [0.05, 0.1) is 12.0 Å². The first-order valence-corrected chi connectivity index (χ1v) is 9.37. The molecule has 0 aromatic heterocycles. The zero-order valence-electron chi connectivity index (χ0n) is 14.5. The molecule has 2 aromatic carbocycles. The number of para-hydroxylation sites is 1. The predicted octanol–water partition coefficient (Wildman–Crippen LogP) is 4.29. The van der Waals surface area contributed by atoms with E-state index in [9.17, 15) is 4.79 Å². The fraction of sp³-hybridized carbons (Fsp3) is 0.409. The molecular formula is C22H25NO2. The molecule has 0 saturated heterocycles. The minimum atomic E-state index is -0.109. The molecule has 3 heteroatoms. The zero-order chi connectivity index (χ0) is 17.1. The van der Waals surface area contributed by atoms with Gasteiger partial charge in [-0.15, -0.1) is 0 Å². The Balaban J connectivity index is 1.49. The minimum Gasteiger partial charge on any atom is -0.492 e. The Morgan fingerprint density at radius 2 is 1.72 bits per heavy atom. The average Bonchev–Trinajstić information content (AvgIpc) is 3.20. The Morgan fingerprint density at radius 1 is 1.00 bits per heavy atom. The summed E-state index contributed by atoms with van der Waals surface area (Å²) in [6.07, 6.45) is 5.69. The van der Waals surface area contributed by atoms with E-state index in [4.69, 9.17) is 4.74 Å². The molecule has 1 heterocycles. The third-order valence-corrected chi connectivity index (χ3v) is 5.58. The fourth-order valence-electron chi connectivity index (χ4n) is 4.19. The fourth-order valence-corrected chi connectivity index (χ4v) is 4.19. The maximum Gasteiger partial charge on any atom is 0.227 e. The van der Waals surface area contributed by atoms with Gasteiger partial charge < -0.3 is 10.1 Å². The quantitative estimate of drug-likeness (QED) is 0.905. The van der Waals surface area contributed by atoms with Crippen LogP contribution in [0.5, 0.6) is 5.75 Å². The van der Waals surface area contributed by atoms with Gasteiger partial charge in [0, 0.05) is 0 Å². The van der Waals surface area contributed by atoms with Crippen LogP contribution in [0.1, 0.15) is 42.9 Å². The Hall–Kier alpha value is -2.29. The van der Waals surface area contributed by atoms with E-state index >= 15 is 0 Å². The summed E-state index contributed by atoms with van der Waals surface area (Å²) in [6, 6.07) is 18.6. The third-order valence-electron chi connectivity index (χ3n) is 5.58. The van der Waals surface area contributed by atoms with Crippen LogP contribution < -0.4 is 10.1 Å². The van der Waals surface area contributed by atoms with E-state index in [-0.39, 0.29) is 17.9 Å². The Morgan fingerprint density at radius 3 is 2.52 bits per heavy atom. The maximum absolute atomic E-state index is 13.0. The lowest BCUT2D eigenvalue weighted by atomic mass is 9.90. The summed E-state index contributed by atoms with van der Waals surface area (Å²) in [4.78, 5) is 13.0. The lowest BCUT2D eigenvalue weighted by Crippen LogP contribution is -2.41. The van der Waals surface area contributed by atoms with Crippen LogP contribution >= 0.6 is 0 Å². The first kappa shape index (κ1) is 16.2. The summed E-state index contributed by atoms with van der Waals surface area (Å²) in [6.45, 7) is 0.467. The number of carbonyl (C=O) groups is 1. The van der Waals surface area contributed by atoms with E-state index in [2.05, 4.69) is 35.6 Å². The monoisotopic (exact) mass is 335 g/mol. The van der Waals surface area contributed by atoms with Gasteiger partial charge >= 0.3 is 0 Å². The van der Waals surface area contributed by atoms with Crippen LogP contribution in [0.3, 0.4) is 0 Å². The van der Waals surface area contributed by atoms with Gasteiger partial charge in [-0.1, -0.05) is 61.4 Å². The summed E-state index contributed by atoms with van der Waals surface area (Å²) in [5.41, 5.74) is 2.35. The largest absolute Gasteiger partial charge is 0.492 e. The van der Waals surface area contributed by atoms with Gasteiger partial charge in [0.15, 0.2) is 0 Å². The Kier molecular flexibility index (Phi) is 4.73. The van der Waals surface area contributed by atoms with Gasteiger partial charge in [0.25, 0.3) is 0 Å². The molecule has 1 aliphatic heterocycles. The van der Waals surface area contributed by atoms with Gasteiger partial charge in [-0.2, -0.15) is 0 Å². The molecule has 130 valence electrons. The SMILES string of the molecule is O=C(NC(c1ccccc1)C1CCCC1)C1COc2ccccc2C1.